The van der Waals surface area contributed by atoms with E-state index < -0.39 is 0 Å². The van der Waals surface area contributed by atoms with Gasteiger partial charge in [-0.25, -0.2) is 0 Å². The molecule has 0 saturated carbocycles. The zero-order valence-corrected chi connectivity index (χ0v) is 12.5. The van der Waals surface area contributed by atoms with Crippen molar-refractivity contribution in [1.82, 2.24) is 10.3 Å². The van der Waals surface area contributed by atoms with Crippen LogP contribution >= 0.6 is 0 Å². The van der Waals surface area contributed by atoms with Gasteiger partial charge in [0, 0.05) is 31.0 Å². The molecule has 0 aliphatic heterocycles. The topological polar surface area (TPSA) is 63.2 Å². The molecule has 0 unspecified atom stereocenters. The molecule has 0 aliphatic rings. The van der Waals surface area contributed by atoms with E-state index in [4.69, 9.17) is 4.74 Å². The van der Waals surface area contributed by atoms with Gasteiger partial charge >= 0.3 is 0 Å². The van der Waals surface area contributed by atoms with Crippen molar-refractivity contribution in [3.05, 3.63) is 66.5 Å². The summed E-state index contributed by atoms with van der Waals surface area (Å²) in [7, 11) is 1.64. The molecular formula is C17H19N3O2. The fraction of sp³-hybridized carbons (Fsp3) is 0.176. The van der Waals surface area contributed by atoms with E-state index in [9.17, 15) is 4.79 Å². The Bertz CT molecular complexity index is 656. The molecule has 0 fully saturated rings. The molecule has 1 aromatic carbocycles. The van der Waals surface area contributed by atoms with Crippen LogP contribution in [0.15, 0.2) is 55.4 Å². The van der Waals surface area contributed by atoms with Crippen LogP contribution in [-0.4, -0.2) is 24.5 Å². The van der Waals surface area contributed by atoms with E-state index in [1.54, 1.807) is 25.4 Å². The standard InChI is InChI=1S/C17H19N3O2/c1-3-8-19-17(21)14-9-15(12-18-10-14)20-11-13-6-4-5-7-16(13)22-2/h3-7,9-10,12,20H,1,8,11H2,2H3,(H,19,21). The number of carbonyl (C=O) groups is 1. The normalized spacial score (nSPS) is 9.86. The first-order valence-corrected chi connectivity index (χ1v) is 6.94. The van der Waals surface area contributed by atoms with Gasteiger partial charge in [0.15, 0.2) is 0 Å². The van der Waals surface area contributed by atoms with Gasteiger partial charge in [-0.1, -0.05) is 24.3 Å². The fourth-order valence-corrected chi connectivity index (χ4v) is 1.97. The molecule has 0 radical (unpaired) electrons. The monoisotopic (exact) mass is 297 g/mol. The summed E-state index contributed by atoms with van der Waals surface area (Å²) in [6.45, 7) is 4.58. The number of ether oxygens (including phenoxy) is 1. The summed E-state index contributed by atoms with van der Waals surface area (Å²) in [4.78, 5) is 16.0. The quantitative estimate of drug-likeness (QED) is 0.771. The average molecular weight is 297 g/mol. The van der Waals surface area contributed by atoms with E-state index in [0.717, 1.165) is 17.0 Å². The van der Waals surface area contributed by atoms with Gasteiger partial charge < -0.3 is 15.4 Å². The maximum Gasteiger partial charge on any atom is 0.253 e. The number of hydrogen-bond donors (Lipinski definition) is 2. The van der Waals surface area contributed by atoms with E-state index in [2.05, 4.69) is 22.2 Å². The van der Waals surface area contributed by atoms with Crippen molar-refractivity contribution >= 4 is 11.6 Å². The van der Waals surface area contributed by atoms with Crippen LogP contribution in [0.4, 0.5) is 5.69 Å². The van der Waals surface area contributed by atoms with Crippen molar-refractivity contribution in [2.45, 2.75) is 6.54 Å². The molecule has 5 heteroatoms. The molecule has 0 aliphatic carbocycles. The number of nitrogens with one attached hydrogen (secondary N) is 2. The van der Waals surface area contributed by atoms with Crippen LogP contribution in [0.2, 0.25) is 0 Å². The average Bonchev–Trinajstić information content (AvgIpc) is 2.58. The Balaban J connectivity index is 2.04. The molecule has 0 atom stereocenters. The second-order valence-electron chi connectivity index (χ2n) is 4.63. The minimum absolute atomic E-state index is 0.173. The van der Waals surface area contributed by atoms with Crippen LogP contribution < -0.4 is 15.4 Å². The van der Waals surface area contributed by atoms with Crippen molar-refractivity contribution in [2.75, 3.05) is 19.0 Å². The maximum absolute atomic E-state index is 11.9. The SMILES string of the molecule is C=CCNC(=O)c1cncc(NCc2ccccc2OC)c1. The third-order valence-corrected chi connectivity index (χ3v) is 3.08. The van der Waals surface area contributed by atoms with Gasteiger partial charge in [0.05, 0.1) is 18.4 Å². The summed E-state index contributed by atoms with van der Waals surface area (Å²) in [6.07, 6.45) is 4.85. The first-order valence-electron chi connectivity index (χ1n) is 6.94. The number of nitrogens with zero attached hydrogens (tertiary/aromatic N) is 1. The van der Waals surface area contributed by atoms with Crippen molar-refractivity contribution in [3.63, 3.8) is 0 Å². The second-order valence-corrected chi connectivity index (χ2v) is 4.63. The minimum atomic E-state index is -0.173. The highest BCUT2D eigenvalue weighted by Gasteiger charge is 2.06. The molecule has 2 rings (SSSR count). The Morgan fingerprint density at radius 3 is 2.95 bits per heavy atom. The van der Waals surface area contributed by atoms with Crippen LogP contribution in [-0.2, 0) is 6.54 Å². The Morgan fingerprint density at radius 2 is 2.18 bits per heavy atom. The summed E-state index contributed by atoms with van der Waals surface area (Å²) in [5.74, 6) is 0.649. The van der Waals surface area contributed by atoms with Crippen LogP contribution in [0.3, 0.4) is 0 Å². The number of methoxy groups -OCH3 is 1. The summed E-state index contributed by atoms with van der Waals surface area (Å²) >= 11 is 0. The molecule has 0 bridgehead atoms. The van der Waals surface area contributed by atoms with Crippen LogP contribution in [0, 0.1) is 0 Å². The Morgan fingerprint density at radius 1 is 1.36 bits per heavy atom. The van der Waals surface area contributed by atoms with E-state index in [-0.39, 0.29) is 5.91 Å². The maximum atomic E-state index is 11.9. The Labute approximate surface area is 130 Å². The van der Waals surface area contributed by atoms with E-state index in [0.29, 0.717) is 18.7 Å². The number of benzene rings is 1. The fourth-order valence-electron chi connectivity index (χ4n) is 1.97. The number of pyridine rings is 1. The lowest BCUT2D eigenvalue weighted by molar-refractivity contribution is 0.0957. The van der Waals surface area contributed by atoms with Gasteiger partial charge in [0.2, 0.25) is 0 Å². The Hall–Kier alpha value is -2.82. The first-order chi connectivity index (χ1) is 10.7. The summed E-state index contributed by atoms with van der Waals surface area (Å²) in [5.41, 5.74) is 2.32. The lowest BCUT2D eigenvalue weighted by Gasteiger charge is -2.11. The lowest BCUT2D eigenvalue weighted by atomic mass is 10.2. The molecule has 2 aromatic rings. The van der Waals surface area contributed by atoms with Gasteiger partial charge in [-0.05, 0) is 12.1 Å². The largest absolute Gasteiger partial charge is 0.496 e. The number of amides is 1. The molecule has 0 spiro atoms. The van der Waals surface area contributed by atoms with E-state index >= 15 is 0 Å². The smallest absolute Gasteiger partial charge is 0.253 e. The van der Waals surface area contributed by atoms with Gasteiger partial charge in [0.1, 0.15) is 5.75 Å². The predicted octanol–water partition coefficient (Wildman–Crippen LogP) is 2.62. The van der Waals surface area contributed by atoms with E-state index in [1.807, 2.05) is 24.3 Å². The molecule has 1 heterocycles. The Kier molecular flexibility index (Phi) is 5.54. The molecule has 2 N–H and O–H groups in total. The first kappa shape index (κ1) is 15.6. The van der Waals surface area contributed by atoms with Gasteiger partial charge in [-0.3, -0.25) is 9.78 Å². The number of anilines is 1. The molecule has 0 saturated heterocycles. The van der Waals surface area contributed by atoms with Crippen molar-refractivity contribution < 1.29 is 9.53 Å². The zero-order valence-electron chi connectivity index (χ0n) is 12.5. The molecule has 114 valence electrons. The van der Waals surface area contributed by atoms with Crippen molar-refractivity contribution in [2.24, 2.45) is 0 Å². The van der Waals surface area contributed by atoms with Gasteiger partial charge in [-0.2, -0.15) is 0 Å². The highest BCUT2D eigenvalue weighted by molar-refractivity contribution is 5.94. The van der Waals surface area contributed by atoms with Crippen molar-refractivity contribution in [1.29, 1.82) is 0 Å². The summed E-state index contributed by atoms with van der Waals surface area (Å²) in [5, 5.41) is 5.97. The third-order valence-electron chi connectivity index (χ3n) is 3.08. The van der Waals surface area contributed by atoms with Crippen LogP contribution in [0.5, 0.6) is 5.75 Å². The van der Waals surface area contributed by atoms with Crippen molar-refractivity contribution in [3.8, 4) is 5.75 Å². The molecular weight excluding hydrogens is 278 g/mol. The predicted molar refractivity (Wildman–Crippen MR) is 87.1 cm³/mol. The third kappa shape index (κ3) is 4.09. The summed E-state index contributed by atoms with van der Waals surface area (Å²) in [6, 6.07) is 9.54. The second kappa shape index (κ2) is 7.83. The summed E-state index contributed by atoms with van der Waals surface area (Å²) < 4.78 is 5.31. The lowest BCUT2D eigenvalue weighted by Crippen LogP contribution is -2.23. The minimum Gasteiger partial charge on any atom is -0.496 e. The van der Waals surface area contributed by atoms with Crippen LogP contribution in [0.1, 0.15) is 15.9 Å². The number of aromatic nitrogens is 1. The number of para-hydroxylation sites is 1. The van der Waals surface area contributed by atoms with Crippen LogP contribution in [0.25, 0.3) is 0 Å². The molecule has 5 nitrogen and oxygen atoms in total. The molecule has 1 aromatic heterocycles. The number of carbonyl (C=O) groups excluding carboxylic acids is 1. The zero-order chi connectivity index (χ0) is 15.8. The molecule has 22 heavy (non-hydrogen) atoms. The molecule has 1 amide bonds. The highest BCUT2D eigenvalue weighted by Crippen LogP contribution is 2.19. The van der Waals surface area contributed by atoms with Gasteiger partial charge in [-0.15, -0.1) is 6.58 Å². The number of rotatable bonds is 7. The van der Waals surface area contributed by atoms with E-state index in [1.165, 1.54) is 6.20 Å². The van der Waals surface area contributed by atoms with Gasteiger partial charge in [0.25, 0.3) is 5.91 Å². The number of hydrogen-bond acceptors (Lipinski definition) is 4. The highest BCUT2D eigenvalue weighted by atomic mass is 16.5.